The molecule has 6 nitrogen and oxygen atoms in total. The van der Waals surface area contributed by atoms with Crippen molar-refractivity contribution in [1.29, 1.82) is 0 Å². The Labute approximate surface area is 199 Å². The van der Waals surface area contributed by atoms with Gasteiger partial charge in [0.1, 0.15) is 0 Å². The second-order valence-electron chi connectivity index (χ2n) is 8.62. The molecule has 0 radical (unpaired) electrons. The summed E-state index contributed by atoms with van der Waals surface area (Å²) in [4.78, 5) is 35.4. The molecule has 6 heteroatoms. The van der Waals surface area contributed by atoms with Gasteiger partial charge in [-0.25, -0.2) is 0 Å². The maximum absolute atomic E-state index is 13.4. The van der Waals surface area contributed by atoms with Crippen LogP contribution in [-0.4, -0.2) is 59.8 Å². The van der Waals surface area contributed by atoms with E-state index in [-0.39, 0.29) is 11.8 Å². The quantitative estimate of drug-likeness (QED) is 0.486. The van der Waals surface area contributed by atoms with Crippen molar-refractivity contribution in [3.63, 3.8) is 0 Å². The fourth-order valence-corrected chi connectivity index (χ4v) is 4.62. The fraction of sp³-hybridized carbons (Fsp3) is 0.214. The molecule has 172 valence electrons. The van der Waals surface area contributed by atoms with Gasteiger partial charge in [-0.15, -0.1) is 0 Å². The van der Waals surface area contributed by atoms with Crippen LogP contribution < -0.4 is 4.90 Å². The smallest absolute Gasteiger partial charge is 0.256 e. The SMILES string of the molecule is CN(c1ccccc1)c1ccccc1C(=O)N1CCN(C(=O)Cc2c[nH]c3ccccc23)CC1. The van der Waals surface area contributed by atoms with Gasteiger partial charge in [-0.1, -0.05) is 48.5 Å². The minimum atomic E-state index is 0.00195. The Morgan fingerprint density at radius 2 is 1.47 bits per heavy atom. The van der Waals surface area contributed by atoms with Crippen LogP contribution in [0.3, 0.4) is 0 Å². The highest BCUT2D eigenvalue weighted by atomic mass is 16.2. The summed E-state index contributed by atoms with van der Waals surface area (Å²) in [7, 11) is 1.97. The zero-order chi connectivity index (χ0) is 23.5. The lowest BCUT2D eigenvalue weighted by Crippen LogP contribution is -2.51. The van der Waals surface area contributed by atoms with Gasteiger partial charge in [-0.3, -0.25) is 9.59 Å². The number of fused-ring (bicyclic) bond motifs is 1. The molecule has 1 aliphatic rings. The summed E-state index contributed by atoms with van der Waals surface area (Å²) < 4.78 is 0. The lowest BCUT2D eigenvalue weighted by molar-refractivity contribution is -0.131. The van der Waals surface area contributed by atoms with Gasteiger partial charge in [0.05, 0.1) is 17.7 Å². The number of nitrogens with zero attached hydrogens (tertiary/aromatic N) is 3. The standard InChI is InChI=1S/C28H28N4O2/c1-30(22-9-3-2-4-10-22)26-14-8-6-12-24(26)28(34)32-17-15-31(16-18-32)27(33)19-21-20-29-25-13-7-5-11-23(21)25/h2-14,20,29H,15-19H2,1H3. The largest absolute Gasteiger partial charge is 0.361 e. The van der Waals surface area contributed by atoms with Crippen LogP contribution in [0.1, 0.15) is 15.9 Å². The Hall–Kier alpha value is -4.06. The van der Waals surface area contributed by atoms with Crippen LogP contribution in [0, 0.1) is 0 Å². The molecule has 0 atom stereocenters. The van der Waals surface area contributed by atoms with E-state index in [1.165, 1.54) is 0 Å². The number of benzene rings is 3. The lowest BCUT2D eigenvalue weighted by Gasteiger charge is -2.35. The van der Waals surface area contributed by atoms with Crippen molar-refractivity contribution in [2.45, 2.75) is 6.42 Å². The van der Waals surface area contributed by atoms with E-state index in [0.717, 1.165) is 27.8 Å². The molecule has 5 rings (SSSR count). The van der Waals surface area contributed by atoms with Crippen molar-refractivity contribution in [3.05, 3.63) is 96.2 Å². The summed E-state index contributed by atoms with van der Waals surface area (Å²) in [6, 6.07) is 25.7. The summed E-state index contributed by atoms with van der Waals surface area (Å²) >= 11 is 0. The monoisotopic (exact) mass is 452 g/mol. The van der Waals surface area contributed by atoms with Crippen LogP contribution in [0.25, 0.3) is 10.9 Å². The molecular formula is C28H28N4O2. The third kappa shape index (κ3) is 4.27. The predicted molar refractivity (Wildman–Crippen MR) is 135 cm³/mol. The Morgan fingerprint density at radius 3 is 2.26 bits per heavy atom. The van der Waals surface area contributed by atoms with Crippen LogP contribution in [0.4, 0.5) is 11.4 Å². The maximum Gasteiger partial charge on any atom is 0.256 e. The van der Waals surface area contributed by atoms with Gasteiger partial charge in [0, 0.05) is 56.0 Å². The first-order chi connectivity index (χ1) is 16.6. The highest BCUT2D eigenvalue weighted by molar-refractivity contribution is 6.00. The van der Waals surface area contributed by atoms with Crippen molar-refractivity contribution >= 4 is 34.1 Å². The third-order valence-corrected chi connectivity index (χ3v) is 6.58. The number of aromatic nitrogens is 1. The van der Waals surface area contributed by atoms with E-state index in [9.17, 15) is 9.59 Å². The summed E-state index contributed by atoms with van der Waals surface area (Å²) in [5.41, 5.74) is 4.62. The Morgan fingerprint density at radius 1 is 0.824 bits per heavy atom. The molecule has 1 aromatic heterocycles. The number of carbonyl (C=O) groups is 2. The minimum absolute atomic E-state index is 0.00195. The molecule has 34 heavy (non-hydrogen) atoms. The van der Waals surface area contributed by atoms with Gasteiger partial charge in [-0.05, 0) is 35.9 Å². The maximum atomic E-state index is 13.4. The van der Waals surface area contributed by atoms with Crippen LogP contribution in [0.5, 0.6) is 0 Å². The van der Waals surface area contributed by atoms with Gasteiger partial charge < -0.3 is 19.7 Å². The normalized spacial score (nSPS) is 13.8. The number of piperazine rings is 1. The van der Waals surface area contributed by atoms with E-state index in [1.807, 2.05) is 107 Å². The van der Waals surface area contributed by atoms with Crippen molar-refractivity contribution < 1.29 is 9.59 Å². The average molecular weight is 453 g/mol. The molecule has 1 saturated heterocycles. The second-order valence-corrected chi connectivity index (χ2v) is 8.62. The van der Waals surface area contributed by atoms with Crippen molar-refractivity contribution in [3.8, 4) is 0 Å². The topological polar surface area (TPSA) is 59.7 Å². The number of rotatable bonds is 5. The molecule has 2 amide bonds. The average Bonchev–Trinajstić information content (AvgIpc) is 3.31. The Kier molecular flexibility index (Phi) is 6.04. The van der Waals surface area contributed by atoms with Gasteiger partial charge >= 0.3 is 0 Å². The molecule has 0 aliphatic carbocycles. The number of H-pyrrole nitrogens is 1. The summed E-state index contributed by atoms with van der Waals surface area (Å²) in [5, 5.41) is 1.09. The fourth-order valence-electron chi connectivity index (χ4n) is 4.62. The lowest BCUT2D eigenvalue weighted by atomic mass is 10.1. The summed E-state index contributed by atoms with van der Waals surface area (Å²) in [6.45, 7) is 2.15. The van der Waals surface area contributed by atoms with E-state index in [4.69, 9.17) is 0 Å². The van der Waals surface area contributed by atoms with Gasteiger partial charge in [0.25, 0.3) is 5.91 Å². The van der Waals surface area contributed by atoms with Crippen LogP contribution in [0.15, 0.2) is 85.1 Å². The van der Waals surface area contributed by atoms with E-state index in [0.29, 0.717) is 38.2 Å². The van der Waals surface area contributed by atoms with Crippen molar-refractivity contribution in [1.82, 2.24) is 14.8 Å². The number of aromatic amines is 1. The predicted octanol–water partition coefficient (Wildman–Crippen LogP) is 4.46. The third-order valence-electron chi connectivity index (χ3n) is 6.58. The number of hydrogen-bond donors (Lipinski definition) is 1. The first-order valence-corrected chi connectivity index (χ1v) is 11.6. The number of anilines is 2. The molecule has 0 spiro atoms. The zero-order valence-corrected chi connectivity index (χ0v) is 19.3. The van der Waals surface area contributed by atoms with Crippen molar-refractivity contribution in [2.24, 2.45) is 0 Å². The molecule has 3 aromatic carbocycles. The van der Waals surface area contributed by atoms with E-state index >= 15 is 0 Å². The summed E-state index contributed by atoms with van der Waals surface area (Å²) in [6.07, 6.45) is 2.28. The summed E-state index contributed by atoms with van der Waals surface area (Å²) in [5.74, 6) is 0.100. The molecule has 1 fully saturated rings. The first kappa shape index (κ1) is 21.8. The van der Waals surface area contributed by atoms with Gasteiger partial charge in [-0.2, -0.15) is 0 Å². The van der Waals surface area contributed by atoms with Crippen LogP contribution in [-0.2, 0) is 11.2 Å². The highest BCUT2D eigenvalue weighted by Gasteiger charge is 2.27. The highest BCUT2D eigenvalue weighted by Crippen LogP contribution is 2.28. The molecule has 0 bridgehead atoms. The molecule has 0 saturated carbocycles. The number of nitrogens with one attached hydrogen (secondary N) is 1. The van der Waals surface area contributed by atoms with Crippen molar-refractivity contribution in [2.75, 3.05) is 38.1 Å². The number of carbonyl (C=O) groups excluding carboxylic acids is 2. The molecule has 1 N–H and O–H groups in total. The molecule has 4 aromatic rings. The van der Waals surface area contributed by atoms with Gasteiger partial charge in [0.15, 0.2) is 0 Å². The number of hydrogen-bond acceptors (Lipinski definition) is 3. The van der Waals surface area contributed by atoms with E-state index in [2.05, 4.69) is 4.98 Å². The zero-order valence-electron chi connectivity index (χ0n) is 19.3. The van der Waals surface area contributed by atoms with E-state index in [1.54, 1.807) is 0 Å². The Balaban J connectivity index is 1.25. The minimum Gasteiger partial charge on any atom is -0.361 e. The number of para-hydroxylation sites is 3. The Bertz CT molecular complexity index is 1310. The molecule has 0 unspecified atom stereocenters. The molecule has 1 aliphatic heterocycles. The first-order valence-electron chi connectivity index (χ1n) is 11.6. The van der Waals surface area contributed by atoms with E-state index < -0.39 is 0 Å². The molecule has 2 heterocycles. The van der Waals surface area contributed by atoms with Crippen LogP contribution in [0.2, 0.25) is 0 Å². The second kappa shape index (κ2) is 9.43. The van der Waals surface area contributed by atoms with Crippen LogP contribution >= 0.6 is 0 Å². The van der Waals surface area contributed by atoms with Gasteiger partial charge in [0.2, 0.25) is 5.91 Å². The molecular weight excluding hydrogens is 424 g/mol. The number of amides is 2.